The fraction of sp³-hybridized carbons (Fsp3) is 0.120. The highest BCUT2D eigenvalue weighted by molar-refractivity contribution is 7.99. The fourth-order valence-electron chi connectivity index (χ4n) is 3.30. The third kappa shape index (κ3) is 4.78. The molecular weight excluding hydrogens is 439 g/mol. The molecule has 0 atom stereocenters. The van der Waals surface area contributed by atoms with E-state index in [-0.39, 0.29) is 17.9 Å². The predicted molar refractivity (Wildman–Crippen MR) is 127 cm³/mol. The second-order valence-electron chi connectivity index (χ2n) is 7.29. The van der Waals surface area contributed by atoms with Crippen molar-refractivity contribution in [3.8, 4) is 11.8 Å². The summed E-state index contributed by atoms with van der Waals surface area (Å²) in [6.45, 7) is 1.65. The number of aromatic nitrogens is 2. The first-order valence-electron chi connectivity index (χ1n) is 10.2. The molecule has 6 nitrogen and oxygen atoms in total. The molecule has 1 heterocycles. The molecule has 0 aliphatic rings. The van der Waals surface area contributed by atoms with Gasteiger partial charge in [0.05, 0.1) is 27.8 Å². The Morgan fingerprint density at radius 2 is 1.91 bits per heavy atom. The van der Waals surface area contributed by atoms with E-state index in [0.29, 0.717) is 44.3 Å². The van der Waals surface area contributed by atoms with E-state index >= 15 is 0 Å². The smallest absolute Gasteiger partial charge is 0.266 e. The average molecular weight is 459 g/mol. The summed E-state index contributed by atoms with van der Waals surface area (Å²) in [5.41, 5.74) is 1.90. The maximum atomic E-state index is 14.3. The van der Waals surface area contributed by atoms with E-state index in [1.165, 1.54) is 22.4 Å². The van der Waals surface area contributed by atoms with Crippen molar-refractivity contribution in [3.63, 3.8) is 0 Å². The number of thioether (sulfide) groups is 1. The normalized spacial score (nSPS) is 10.7. The summed E-state index contributed by atoms with van der Waals surface area (Å²) in [5.74, 6) is -0.347. The summed E-state index contributed by atoms with van der Waals surface area (Å²) < 4.78 is 15.6. The van der Waals surface area contributed by atoms with Crippen molar-refractivity contribution in [3.05, 3.63) is 94.0 Å². The zero-order valence-corrected chi connectivity index (χ0v) is 18.5. The Morgan fingerprint density at radius 1 is 1.15 bits per heavy atom. The number of hydrogen-bond donors (Lipinski definition) is 1. The number of para-hydroxylation sites is 2. The first-order valence-corrected chi connectivity index (χ1v) is 11.2. The summed E-state index contributed by atoms with van der Waals surface area (Å²) in [5, 5.41) is 12.7. The molecule has 4 aromatic rings. The Kier molecular flexibility index (Phi) is 6.52. The second-order valence-corrected chi connectivity index (χ2v) is 8.35. The molecule has 1 N–H and O–H groups in total. The van der Waals surface area contributed by atoms with Crippen LogP contribution in [0.5, 0.6) is 0 Å². The number of amides is 1. The first kappa shape index (κ1) is 22.2. The van der Waals surface area contributed by atoms with Crippen LogP contribution in [0.4, 0.5) is 10.1 Å². The number of nitriles is 1. The number of nitrogens with one attached hydrogen (secondary N) is 1. The number of carbonyl (C=O) groups is 1. The molecular formula is C25H19FN4O2S. The third-order valence-corrected chi connectivity index (χ3v) is 5.98. The van der Waals surface area contributed by atoms with Crippen LogP contribution in [0, 0.1) is 24.1 Å². The molecule has 0 spiro atoms. The van der Waals surface area contributed by atoms with E-state index in [0.717, 1.165) is 0 Å². The van der Waals surface area contributed by atoms with Crippen molar-refractivity contribution in [1.29, 1.82) is 5.26 Å². The quantitative estimate of drug-likeness (QED) is 0.330. The molecule has 0 unspecified atom stereocenters. The monoisotopic (exact) mass is 458 g/mol. The van der Waals surface area contributed by atoms with Crippen LogP contribution in [0.15, 0.2) is 76.7 Å². The zero-order valence-electron chi connectivity index (χ0n) is 17.7. The van der Waals surface area contributed by atoms with Crippen LogP contribution in [0.1, 0.15) is 17.5 Å². The number of anilines is 1. The van der Waals surface area contributed by atoms with Gasteiger partial charge in [0, 0.05) is 12.2 Å². The van der Waals surface area contributed by atoms with Crippen molar-refractivity contribution in [1.82, 2.24) is 9.55 Å². The van der Waals surface area contributed by atoms with Crippen LogP contribution in [0.3, 0.4) is 0 Å². The van der Waals surface area contributed by atoms with Crippen LogP contribution in [0.2, 0.25) is 0 Å². The highest BCUT2D eigenvalue weighted by Crippen LogP contribution is 2.23. The van der Waals surface area contributed by atoms with Crippen molar-refractivity contribution >= 4 is 34.3 Å². The molecule has 0 fully saturated rings. The number of fused-ring (bicyclic) bond motifs is 1. The predicted octanol–water partition coefficient (Wildman–Crippen LogP) is 4.83. The number of carbonyl (C=O) groups excluding carboxylic acids is 1. The standard InChI is InChI=1S/C25H19FN4O2S/c1-16-10-11-18(14-20(16)26)30-24(32)19-7-3-5-9-22(19)29-25(30)33-13-12-23(31)28-21-8-4-2-6-17(21)15-27/h2-11,14H,12-13H2,1H3,(H,28,31). The third-order valence-electron chi connectivity index (χ3n) is 5.04. The molecule has 0 aliphatic heterocycles. The van der Waals surface area contributed by atoms with Gasteiger partial charge in [-0.15, -0.1) is 0 Å². The van der Waals surface area contributed by atoms with E-state index < -0.39 is 5.82 Å². The van der Waals surface area contributed by atoms with Gasteiger partial charge >= 0.3 is 0 Å². The lowest BCUT2D eigenvalue weighted by molar-refractivity contribution is -0.115. The number of benzene rings is 3. The van der Waals surface area contributed by atoms with Crippen LogP contribution < -0.4 is 10.9 Å². The summed E-state index contributed by atoms with van der Waals surface area (Å²) in [6.07, 6.45) is 0.134. The van der Waals surface area contributed by atoms with Crippen molar-refractivity contribution in [2.75, 3.05) is 11.1 Å². The number of halogens is 1. The minimum absolute atomic E-state index is 0.134. The zero-order chi connectivity index (χ0) is 23.4. The first-order chi connectivity index (χ1) is 16.0. The lowest BCUT2D eigenvalue weighted by Gasteiger charge is -2.14. The number of nitrogens with zero attached hydrogens (tertiary/aromatic N) is 3. The molecule has 0 saturated carbocycles. The molecule has 1 amide bonds. The second kappa shape index (κ2) is 9.67. The lowest BCUT2D eigenvalue weighted by Crippen LogP contribution is -2.22. The Labute approximate surface area is 193 Å². The number of aryl methyl sites for hydroxylation is 1. The summed E-state index contributed by atoms with van der Waals surface area (Å²) in [4.78, 5) is 30.2. The number of hydrogen-bond acceptors (Lipinski definition) is 5. The van der Waals surface area contributed by atoms with Gasteiger partial charge in [-0.05, 0) is 48.9 Å². The summed E-state index contributed by atoms with van der Waals surface area (Å²) in [7, 11) is 0. The van der Waals surface area contributed by atoms with Gasteiger partial charge in [0.15, 0.2) is 5.16 Å². The van der Waals surface area contributed by atoms with E-state index in [2.05, 4.69) is 10.3 Å². The molecule has 0 bridgehead atoms. The molecule has 0 saturated heterocycles. The SMILES string of the molecule is Cc1ccc(-n2c(SCCC(=O)Nc3ccccc3C#N)nc3ccccc3c2=O)cc1F. The minimum atomic E-state index is -0.418. The van der Waals surface area contributed by atoms with Crippen LogP contribution in [-0.4, -0.2) is 21.2 Å². The van der Waals surface area contributed by atoms with Gasteiger partial charge in [-0.25, -0.2) is 9.37 Å². The molecule has 3 aromatic carbocycles. The Hall–Kier alpha value is -3.96. The minimum Gasteiger partial charge on any atom is -0.325 e. The van der Waals surface area contributed by atoms with Crippen LogP contribution in [0.25, 0.3) is 16.6 Å². The lowest BCUT2D eigenvalue weighted by atomic mass is 10.2. The van der Waals surface area contributed by atoms with Crippen molar-refractivity contribution in [2.45, 2.75) is 18.5 Å². The molecule has 164 valence electrons. The molecule has 33 heavy (non-hydrogen) atoms. The molecule has 8 heteroatoms. The topological polar surface area (TPSA) is 87.8 Å². The Morgan fingerprint density at radius 3 is 2.70 bits per heavy atom. The highest BCUT2D eigenvalue weighted by Gasteiger charge is 2.15. The van der Waals surface area contributed by atoms with E-state index in [1.807, 2.05) is 6.07 Å². The Balaban J connectivity index is 1.60. The van der Waals surface area contributed by atoms with Crippen LogP contribution >= 0.6 is 11.8 Å². The van der Waals surface area contributed by atoms with Crippen LogP contribution in [-0.2, 0) is 4.79 Å². The molecule has 0 aliphatic carbocycles. The van der Waals surface area contributed by atoms with Gasteiger partial charge in [0.25, 0.3) is 5.56 Å². The van der Waals surface area contributed by atoms with Gasteiger partial charge in [-0.3, -0.25) is 14.2 Å². The Bertz CT molecular complexity index is 1460. The molecule has 0 radical (unpaired) electrons. The van der Waals surface area contributed by atoms with E-state index in [4.69, 9.17) is 0 Å². The van der Waals surface area contributed by atoms with Crippen molar-refractivity contribution in [2.24, 2.45) is 0 Å². The number of rotatable bonds is 6. The summed E-state index contributed by atoms with van der Waals surface area (Å²) >= 11 is 1.23. The van der Waals surface area contributed by atoms with Gasteiger partial charge in [0.2, 0.25) is 5.91 Å². The maximum absolute atomic E-state index is 14.3. The van der Waals surface area contributed by atoms with E-state index in [9.17, 15) is 19.2 Å². The highest BCUT2D eigenvalue weighted by atomic mass is 32.2. The fourth-order valence-corrected chi connectivity index (χ4v) is 4.25. The van der Waals surface area contributed by atoms with Gasteiger partial charge in [-0.1, -0.05) is 42.1 Å². The maximum Gasteiger partial charge on any atom is 0.266 e. The molecule has 4 rings (SSSR count). The van der Waals surface area contributed by atoms with E-state index in [1.54, 1.807) is 67.6 Å². The molecule has 1 aromatic heterocycles. The van der Waals surface area contributed by atoms with Crippen molar-refractivity contribution < 1.29 is 9.18 Å². The average Bonchev–Trinajstić information content (AvgIpc) is 2.81. The summed E-state index contributed by atoms with van der Waals surface area (Å²) in [6, 6.07) is 20.4. The largest absolute Gasteiger partial charge is 0.325 e. The van der Waals surface area contributed by atoms with Gasteiger partial charge in [-0.2, -0.15) is 5.26 Å². The van der Waals surface area contributed by atoms with Gasteiger partial charge < -0.3 is 5.32 Å². The van der Waals surface area contributed by atoms with Gasteiger partial charge in [0.1, 0.15) is 11.9 Å².